The average Bonchev–Trinajstić information content (AvgIpc) is 3.04. The summed E-state index contributed by atoms with van der Waals surface area (Å²) in [6, 6.07) is 11.6. The van der Waals surface area contributed by atoms with E-state index in [2.05, 4.69) is 10.4 Å². The van der Waals surface area contributed by atoms with Gasteiger partial charge in [-0.25, -0.2) is 9.69 Å². The van der Waals surface area contributed by atoms with Gasteiger partial charge in [0.25, 0.3) is 5.91 Å². The zero-order chi connectivity index (χ0) is 21.0. The van der Waals surface area contributed by atoms with Gasteiger partial charge in [-0.1, -0.05) is 12.1 Å². The number of nitrogens with two attached hydrogens (primary N) is 2. The predicted molar refractivity (Wildman–Crippen MR) is 111 cm³/mol. The minimum absolute atomic E-state index is 0.286. The quantitative estimate of drug-likeness (QED) is 0.525. The topological polar surface area (TPSA) is 128 Å². The minimum atomic E-state index is -0.714. The monoisotopic (exact) mass is 396 g/mol. The number of amides is 3. The van der Waals surface area contributed by atoms with E-state index in [4.69, 9.17) is 16.2 Å². The molecule has 3 rings (SSSR count). The van der Waals surface area contributed by atoms with Crippen LogP contribution in [0.2, 0.25) is 0 Å². The summed E-state index contributed by atoms with van der Waals surface area (Å²) < 4.78 is 6.98. The Morgan fingerprint density at radius 2 is 2.00 bits per heavy atom. The standard InChI is InChI=1S/C20H24N6O3/c1-25-16-7-4-3-6-14(16)18(24-25)26(20(22)28)13-8-9-17(29-2)15(12-13)19(27)23-11-5-10-21/h3-4,6-9,12H,5,10-11,21H2,1-2H3,(H2,22,28)(H,23,27). The van der Waals surface area contributed by atoms with E-state index in [0.29, 0.717) is 36.8 Å². The Morgan fingerprint density at radius 1 is 1.24 bits per heavy atom. The number of benzene rings is 2. The number of carbonyl (C=O) groups is 2. The lowest BCUT2D eigenvalue weighted by molar-refractivity contribution is 0.0950. The second-order valence-electron chi connectivity index (χ2n) is 6.42. The molecule has 0 bridgehead atoms. The van der Waals surface area contributed by atoms with Crippen LogP contribution in [0.3, 0.4) is 0 Å². The van der Waals surface area contributed by atoms with E-state index in [-0.39, 0.29) is 11.5 Å². The fourth-order valence-corrected chi connectivity index (χ4v) is 3.13. The lowest BCUT2D eigenvalue weighted by Crippen LogP contribution is -2.32. The van der Waals surface area contributed by atoms with Gasteiger partial charge >= 0.3 is 6.03 Å². The molecule has 0 aliphatic rings. The van der Waals surface area contributed by atoms with Crippen LogP contribution in [0, 0.1) is 0 Å². The molecule has 0 radical (unpaired) electrons. The Labute approximate surface area is 168 Å². The molecule has 0 aliphatic heterocycles. The third-order valence-electron chi connectivity index (χ3n) is 4.52. The Balaban J connectivity index is 2.07. The molecule has 0 saturated carbocycles. The molecule has 1 aromatic heterocycles. The van der Waals surface area contributed by atoms with E-state index in [1.165, 1.54) is 12.0 Å². The highest BCUT2D eigenvalue weighted by Gasteiger charge is 2.24. The van der Waals surface area contributed by atoms with Crippen molar-refractivity contribution >= 4 is 34.3 Å². The van der Waals surface area contributed by atoms with Gasteiger partial charge in [-0.3, -0.25) is 9.48 Å². The number of nitrogens with one attached hydrogen (secondary N) is 1. The number of ether oxygens (including phenoxy) is 1. The van der Waals surface area contributed by atoms with Gasteiger partial charge in [-0.15, -0.1) is 0 Å². The van der Waals surface area contributed by atoms with Crippen LogP contribution in [0.5, 0.6) is 5.75 Å². The van der Waals surface area contributed by atoms with Crippen LogP contribution in [-0.4, -0.2) is 41.9 Å². The molecule has 152 valence electrons. The largest absolute Gasteiger partial charge is 0.496 e. The summed E-state index contributed by atoms with van der Waals surface area (Å²) in [6.07, 6.45) is 0.654. The number of hydrogen-bond acceptors (Lipinski definition) is 5. The second kappa shape index (κ2) is 8.61. The highest BCUT2D eigenvalue weighted by atomic mass is 16.5. The Morgan fingerprint density at radius 3 is 2.69 bits per heavy atom. The summed E-state index contributed by atoms with van der Waals surface area (Å²) in [4.78, 5) is 26.2. The fraction of sp³-hybridized carbons (Fsp3) is 0.250. The molecule has 3 amide bonds. The van der Waals surface area contributed by atoms with Gasteiger partial charge < -0.3 is 21.5 Å². The van der Waals surface area contributed by atoms with Crippen LogP contribution in [0.4, 0.5) is 16.3 Å². The van der Waals surface area contributed by atoms with Crippen molar-refractivity contribution in [2.24, 2.45) is 18.5 Å². The lowest BCUT2D eigenvalue weighted by atomic mass is 10.1. The van der Waals surface area contributed by atoms with Crippen molar-refractivity contribution in [3.05, 3.63) is 48.0 Å². The molecule has 2 aromatic carbocycles. The molecule has 0 unspecified atom stereocenters. The predicted octanol–water partition coefficient (Wildman–Crippen LogP) is 1.88. The number of aromatic nitrogens is 2. The lowest BCUT2D eigenvalue weighted by Gasteiger charge is -2.20. The first kappa shape index (κ1) is 20.2. The van der Waals surface area contributed by atoms with Crippen molar-refractivity contribution in [3.63, 3.8) is 0 Å². The van der Waals surface area contributed by atoms with Crippen molar-refractivity contribution in [2.45, 2.75) is 6.42 Å². The van der Waals surface area contributed by atoms with E-state index in [1.54, 1.807) is 29.9 Å². The SMILES string of the molecule is COc1ccc(N(C(N)=O)c2nn(C)c3ccccc23)cc1C(=O)NCCCN. The number of nitrogens with zero attached hydrogens (tertiary/aromatic N) is 3. The van der Waals surface area contributed by atoms with Gasteiger partial charge in [-0.05, 0) is 43.3 Å². The minimum Gasteiger partial charge on any atom is -0.496 e. The number of aryl methyl sites for hydroxylation is 1. The third-order valence-corrected chi connectivity index (χ3v) is 4.52. The summed E-state index contributed by atoms with van der Waals surface area (Å²) >= 11 is 0. The van der Waals surface area contributed by atoms with Crippen molar-refractivity contribution in [3.8, 4) is 5.75 Å². The first-order chi connectivity index (χ1) is 14.0. The van der Waals surface area contributed by atoms with E-state index >= 15 is 0 Å². The number of methoxy groups -OCH3 is 1. The van der Waals surface area contributed by atoms with Crippen LogP contribution in [0.1, 0.15) is 16.8 Å². The van der Waals surface area contributed by atoms with Gasteiger partial charge in [0, 0.05) is 19.0 Å². The number of rotatable bonds is 7. The molecule has 1 heterocycles. The maximum absolute atomic E-state index is 12.6. The molecule has 5 N–H and O–H groups in total. The number of urea groups is 1. The van der Waals surface area contributed by atoms with Crippen LogP contribution >= 0.6 is 0 Å². The first-order valence-corrected chi connectivity index (χ1v) is 9.15. The molecular weight excluding hydrogens is 372 g/mol. The molecular formula is C20H24N6O3. The van der Waals surface area contributed by atoms with Crippen molar-refractivity contribution in [2.75, 3.05) is 25.1 Å². The number of fused-ring (bicyclic) bond motifs is 1. The van der Waals surface area contributed by atoms with Crippen LogP contribution < -0.4 is 26.4 Å². The van der Waals surface area contributed by atoms with E-state index in [1.807, 2.05) is 24.3 Å². The Hall–Kier alpha value is -3.59. The summed E-state index contributed by atoms with van der Waals surface area (Å²) in [5.41, 5.74) is 12.7. The first-order valence-electron chi connectivity index (χ1n) is 9.15. The van der Waals surface area contributed by atoms with Gasteiger partial charge in [0.2, 0.25) is 0 Å². The number of anilines is 2. The molecule has 0 fully saturated rings. The summed E-state index contributed by atoms with van der Waals surface area (Å²) in [5.74, 6) is 0.442. The molecule has 0 atom stereocenters. The summed E-state index contributed by atoms with van der Waals surface area (Å²) in [5, 5.41) is 8.01. The average molecular weight is 396 g/mol. The Kier molecular flexibility index (Phi) is 5.99. The zero-order valence-corrected chi connectivity index (χ0v) is 16.4. The highest BCUT2D eigenvalue weighted by Crippen LogP contribution is 2.33. The van der Waals surface area contributed by atoms with Crippen molar-refractivity contribution in [1.29, 1.82) is 0 Å². The Bertz CT molecular complexity index is 1050. The normalized spacial score (nSPS) is 10.7. The van der Waals surface area contributed by atoms with E-state index in [9.17, 15) is 9.59 Å². The van der Waals surface area contributed by atoms with Gasteiger partial charge in [-0.2, -0.15) is 5.10 Å². The second-order valence-corrected chi connectivity index (χ2v) is 6.42. The zero-order valence-electron chi connectivity index (χ0n) is 16.4. The fourth-order valence-electron chi connectivity index (χ4n) is 3.13. The molecule has 29 heavy (non-hydrogen) atoms. The van der Waals surface area contributed by atoms with Crippen LogP contribution in [0.25, 0.3) is 10.9 Å². The number of para-hydroxylation sites is 1. The molecule has 0 aliphatic carbocycles. The van der Waals surface area contributed by atoms with Crippen LogP contribution in [0.15, 0.2) is 42.5 Å². The summed E-state index contributed by atoms with van der Waals surface area (Å²) in [6.45, 7) is 0.910. The van der Waals surface area contributed by atoms with Gasteiger partial charge in [0.15, 0.2) is 5.82 Å². The van der Waals surface area contributed by atoms with Crippen molar-refractivity contribution < 1.29 is 14.3 Å². The smallest absolute Gasteiger partial charge is 0.325 e. The van der Waals surface area contributed by atoms with Crippen LogP contribution in [-0.2, 0) is 7.05 Å². The number of primary amides is 1. The molecule has 3 aromatic rings. The summed E-state index contributed by atoms with van der Waals surface area (Å²) in [7, 11) is 3.26. The number of carbonyl (C=O) groups excluding carboxylic acids is 2. The molecule has 0 spiro atoms. The molecule has 0 saturated heterocycles. The molecule has 9 nitrogen and oxygen atoms in total. The third kappa shape index (κ3) is 3.99. The van der Waals surface area contributed by atoms with Gasteiger partial charge in [0.1, 0.15) is 5.75 Å². The maximum Gasteiger partial charge on any atom is 0.325 e. The van der Waals surface area contributed by atoms with Crippen molar-refractivity contribution in [1.82, 2.24) is 15.1 Å². The number of hydrogen-bond donors (Lipinski definition) is 3. The molecule has 9 heteroatoms. The maximum atomic E-state index is 12.6. The van der Waals surface area contributed by atoms with Gasteiger partial charge in [0.05, 0.1) is 23.9 Å². The highest BCUT2D eigenvalue weighted by molar-refractivity contribution is 6.06. The van der Waals surface area contributed by atoms with E-state index in [0.717, 1.165) is 10.9 Å². The van der Waals surface area contributed by atoms with E-state index < -0.39 is 6.03 Å².